The first kappa shape index (κ1) is 11.3. The summed E-state index contributed by atoms with van der Waals surface area (Å²) in [6, 6.07) is 0. The lowest BCUT2D eigenvalue weighted by Crippen LogP contribution is -2.16. The lowest BCUT2D eigenvalue weighted by Gasteiger charge is -2.09. The van der Waals surface area contributed by atoms with E-state index in [4.69, 9.17) is 4.74 Å². The third-order valence-corrected chi connectivity index (χ3v) is 2.36. The van der Waals surface area contributed by atoms with Crippen molar-refractivity contribution in [3.8, 4) is 0 Å². The number of allylic oxidation sites excluding steroid dienone is 3. The standard InChI is InChI=1S/C12H21NO/c1-13(2)9-11-14-10-8-12-6-4-3-5-7-12/h6,8,10H,3-5,7,9,11H2,1-2H3/b10-8+. The quantitative estimate of drug-likeness (QED) is 0.494. The van der Waals surface area contributed by atoms with Crippen LogP contribution in [-0.4, -0.2) is 32.1 Å². The van der Waals surface area contributed by atoms with Gasteiger partial charge in [0.1, 0.15) is 0 Å². The molecular formula is C12H21NO. The molecule has 0 spiro atoms. The van der Waals surface area contributed by atoms with Crippen LogP contribution >= 0.6 is 0 Å². The van der Waals surface area contributed by atoms with Gasteiger partial charge in [-0.2, -0.15) is 0 Å². The molecule has 0 unspecified atom stereocenters. The Morgan fingerprint density at radius 3 is 2.93 bits per heavy atom. The first-order valence-corrected chi connectivity index (χ1v) is 5.41. The van der Waals surface area contributed by atoms with Gasteiger partial charge in [-0.25, -0.2) is 0 Å². The van der Waals surface area contributed by atoms with Crippen molar-refractivity contribution in [3.05, 3.63) is 24.0 Å². The molecule has 0 saturated heterocycles. The Labute approximate surface area is 87.2 Å². The summed E-state index contributed by atoms with van der Waals surface area (Å²) >= 11 is 0. The van der Waals surface area contributed by atoms with Crippen molar-refractivity contribution < 1.29 is 4.74 Å². The van der Waals surface area contributed by atoms with E-state index in [0.717, 1.165) is 13.2 Å². The Morgan fingerprint density at radius 2 is 2.29 bits per heavy atom. The highest BCUT2D eigenvalue weighted by Gasteiger charge is 1.99. The SMILES string of the molecule is CN(C)CCO/C=C/C1=CCCCC1. The smallest absolute Gasteiger partial charge is 0.0999 e. The van der Waals surface area contributed by atoms with E-state index in [2.05, 4.69) is 31.1 Å². The minimum atomic E-state index is 0.775. The minimum absolute atomic E-state index is 0.775. The Hall–Kier alpha value is -0.760. The molecule has 0 atom stereocenters. The second kappa shape index (κ2) is 6.66. The predicted molar refractivity (Wildman–Crippen MR) is 60.2 cm³/mol. The third-order valence-electron chi connectivity index (χ3n) is 2.36. The summed E-state index contributed by atoms with van der Waals surface area (Å²) in [7, 11) is 4.10. The monoisotopic (exact) mass is 195 g/mol. The molecule has 0 bridgehead atoms. The normalized spacial score (nSPS) is 17.5. The zero-order valence-electron chi connectivity index (χ0n) is 9.33. The van der Waals surface area contributed by atoms with Gasteiger partial charge in [0, 0.05) is 6.54 Å². The van der Waals surface area contributed by atoms with Gasteiger partial charge < -0.3 is 9.64 Å². The van der Waals surface area contributed by atoms with Crippen LogP contribution in [0.5, 0.6) is 0 Å². The number of hydrogen-bond acceptors (Lipinski definition) is 2. The van der Waals surface area contributed by atoms with Gasteiger partial charge in [0.05, 0.1) is 12.9 Å². The van der Waals surface area contributed by atoms with Crippen molar-refractivity contribution in [1.29, 1.82) is 0 Å². The van der Waals surface area contributed by atoms with Crippen molar-refractivity contribution >= 4 is 0 Å². The highest BCUT2D eigenvalue weighted by Crippen LogP contribution is 2.17. The van der Waals surface area contributed by atoms with Crippen LogP contribution in [0.1, 0.15) is 25.7 Å². The fourth-order valence-corrected chi connectivity index (χ4v) is 1.45. The fourth-order valence-electron chi connectivity index (χ4n) is 1.45. The van der Waals surface area contributed by atoms with Gasteiger partial charge in [-0.3, -0.25) is 0 Å². The molecule has 0 heterocycles. The van der Waals surface area contributed by atoms with Crippen LogP contribution in [0.25, 0.3) is 0 Å². The molecule has 14 heavy (non-hydrogen) atoms. The van der Waals surface area contributed by atoms with Gasteiger partial charge in [-0.1, -0.05) is 6.08 Å². The summed E-state index contributed by atoms with van der Waals surface area (Å²) < 4.78 is 5.38. The van der Waals surface area contributed by atoms with Crippen LogP contribution < -0.4 is 0 Å². The maximum absolute atomic E-state index is 5.38. The molecule has 1 aliphatic carbocycles. The molecule has 0 aliphatic heterocycles. The first-order valence-electron chi connectivity index (χ1n) is 5.41. The Kier molecular flexibility index (Phi) is 5.38. The molecular weight excluding hydrogens is 174 g/mol. The van der Waals surface area contributed by atoms with Gasteiger partial charge in [0.2, 0.25) is 0 Å². The van der Waals surface area contributed by atoms with Crippen LogP contribution in [0.2, 0.25) is 0 Å². The molecule has 2 nitrogen and oxygen atoms in total. The number of ether oxygens (including phenoxy) is 1. The number of nitrogens with zero attached hydrogens (tertiary/aromatic N) is 1. The van der Waals surface area contributed by atoms with E-state index in [0.29, 0.717) is 0 Å². The van der Waals surface area contributed by atoms with E-state index in [9.17, 15) is 0 Å². The lowest BCUT2D eigenvalue weighted by molar-refractivity contribution is 0.212. The summed E-state index contributed by atoms with van der Waals surface area (Å²) in [5.74, 6) is 0. The first-order chi connectivity index (χ1) is 6.79. The summed E-state index contributed by atoms with van der Waals surface area (Å²) in [6.45, 7) is 1.75. The average molecular weight is 195 g/mol. The minimum Gasteiger partial charge on any atom is -0.500 e. The van der Waals surface area contributed by atoms with Crippen molar-refractivity contribution in [2.45, 2.75) is 25.7 Å². The molecule has 0 saturated carbocycles. The van der Waals surface area contributed by atoms with E-state index in [1.807, 2.05) is 6.26 Å². The largest absolute Gasteiger partial charge is 0.500 e. The van der Waals surface area contributed by atoms with Crippen molar-refractivity contribution in [2.75, 3.05) is 27.2 Å². The van der Waals surface area contributed by atoms with Gasteiger partial charge in [0.25, 0.3) is 0 Å². The molecule has 0 fully saturated rings. The topological polar surface area (TPSA) is 12.5 Å². The molecule has 0 amide bonds. The van der Waals surface area contributed by atoms with Crippen LogP contribution in [0.4, 0.5) is 0 Å². The molecule has 1 aliphatic rings. The third kappa shape index (κ3) is 5.07. The summed E-state index contributed by atoms with van der Waals surface area (Å²) in [6.07, 6.45) is 11.4. The summed E-state index contributed by atoms with van der Waals surface area (Å²) in [4.78, 5) is 2.12. The second-order valence-corrected chi connectivity index (χ2v) is 4.00. The van der Waals surface area contributed by atoms with Crippen molar-refractivity contribution in [2.24, 2.45) is 0 Å². The molecule has 0 N–H and O–H groups in total. The van der Waals surface area contributed by atoms with Crippen LogP contribution in [-0.2, 0) is 4.74 Å². The molecule has 0 aromatic rings. The molecule has 0 aromatic heterocycles. The van der Waals surface area contributed by atoms with Gasteiger partial charge >= 0.3 is 0 Å². The summed E-state index contributed by atoms with van der Waals surface area (Å²) in [5.41, 5.74) is 1.43. The Balaban J connectivity index is 2.10. The van der Waals surface area contributed by atoms with Gasteiger partial charge in [0.15, 0.2) is 0 Å². The fraction of sp³-hybridized carbons (Fsp3) is 0.667. The highest BCUT2D eigenvalue weighted by atomic mass is 16.5. The van der Waals surface area contributed by atoms with Crippen LogP contribution in [0.3, 0.4) is 0 Å². The van der Waals surface area contributed by atoms with E-state index in [-0.39, 0.29) is 0 Å². The number of hydrogen-bond donors (Lipinski definition) is 0. The zero-order valence-corrected chi connectivity index (χ0v) is 9.33. The maximum atomic E-state index is 5.38. The molecule has 80 valence electrons. The van der Waals surface area contributed by atoms with Gasteiger partial charge in [-0.05, 0) is 51.4 Å². The van der Waals surface area contributed by atoms with E-state index >= 15 is 0 Å². The van der Waals surface area contributed by atoms with E-state index in [1.54, 1.807) is 0 Å². The molecule has 0 aromatic carbocycles. The van der Waals surface area contributed by atoms with Crippen LogP contribution in [0, 0.1) is 0 Å². The highest BCUT2D eigenvalue weighted by molar-refractivity contribution is 5.18. The predicted octanol–water partition coefficient (Wildman–Crippen LogP) is 2.58. The molecule has 2 heteroatoms. The van der Waals surface area contributed by atoms with E-state index < -0.39 is 0 Å². The maximum Gasteiger partial charge on any atom is 0.0999 e. The zero-order chi connectivity index (χ0) is 10.2. The van der Waals surface area contributed by atoms with Crippen molar-refractivity contribution in [3.63, 3.8) is 0 Å². The second-order valence-electron chi connectivity index (χ2n) is 4.00. The lowest BCUT2D eigenvalue weighted by atomic mass is 10.00. The Bertz CT molecular complexity index is 206. The van der Waals surface area contributed by atoms with Crippen molar-refractivity contribution in [1.82, 2.24) is 4.90 Å². The Morgan fingerprint density at radius 1 is 1.43 bits per heavy atom. The molecule has 1 rings (SSSR count). The number of rotatable bonds is 5. The molecule has 0 radical (unpaired) electrons. The average Bonchev–Trinajstić information content (AvgIpc) is 2.18. The van der Waals surface area contributed by atoms with E-state index in [1.165, 1.54) is 31.3 Å². The van der Waals surface area contributed by atoms with Crippen LogP contribution in [0.15, 0.2) is 24.0 Å². The summed E-state index contributed by atoms with van der Waals surface area (Å²) in [5, 5.41) is 0. The van der Waals surface area contributed by atoms with Gasteiger partial charge in [-0.15, -0.1) is 0 Å². The number of likely N-dealkylation sites (N-methyl/N-ethyl adjacent to an activating group) is 1.